The maximum absolute atomic E-state index is 5.22. The van der Waals surface area contributed by atoms with E-state index in [4.69, 9.17) is 11.5 Å². The highest BCUT2D eigenvalue weighted by Gasteiger charge is 1.98. The van der Waals surface area contributed by atoms with Crippen molar-refractivity contribution in [1.29, 1.82) is 0 Å². The Morgan fingerprint density at radius 1 is 1.50 bits per heavy atom. The minimum absolute atomic E-state index is 0.133. The molecule has 66 valence electrons. The van der Waals surface area contributed by atoms with E-state index in [-0.39, 0.29) is 5.96 Å². The SMILES string of the molecule is Cc1ccc(CN=C(N)N)n1C. The van der Waals surface area contributed by atoms with Crippen LogP contribution in [0, 0.1) is 6.92 Å². The van der Waals surface area contributed by atoms with Crippen molar-refractivity contribution in [3.8, 4) is 0 Å². The third-order valence-corrected chi connectivity index (χ3v) is 1.90. The molecule has 1 aromatic heterocycles. The lowest BCUT2D eigenvalue weighted by Gasteiger charge is -2.01. The molecule has 0 fully saturated rings. The number of aryl methyl sites for hydroxylation is 1. The molecule has 0 saturated heterocycles. The van der Waals surface area contributed by atoms with Gasteiger partial charge >= 0.3 is 0 Å². The van der Waals surface area contributed by atoms with Gasteiger partial charge in [-0.3, -0.25) is 0 Å². The number of nitrogens with two attached hydrogens (primary N) is 2. The number of hydrogen-bond acceptors (Lipinski definition) is 1. The van der Waals surface area contributed by atoms with Gasteiger partial charge in [0.15, 0.2) is 5.96 Å². The van der Waals surface area contributed by atoms with Crippen LogP contribution in [-0.4, -0.2) is 10.5 Å². The molecular weight excluding hydrogens is 152 g/mol. The largest absolute Gasteiger partial charge is 0.370 e. The van der Waals surface area contributed by atoms with Gasteiger partial charge in [0.1, 0.15) is 0 Å². The molecule has 0 unspecified atom stereocenters. The van der Waals surface area contributed by atoms with Gasteiger partial charge in [0.2, 0.25) is 0 Å². The van der Waals surface area contributed by atoms with Gasteiger partial charge in [-0.1, -0.05) is 0 Å². The number of aliphatic imine (C=N–C) groups is 1. The fraction of sp³-hybridized carbons (Fsp3) is 0.375. The van der Waals surface area contributed by atoms with Crippen LogP contribution in [0.25, 0.3) is 0 Å². The van der Waals surface area contributed by atoms with Crippen LogP contribution in [0.1, 0.15) is 11.4 Å². The summed E-state index contributed by atoms with van der Waals surface area (Å²) in [5, 5.41) is 0. The summed E-state index contributed by atoms with van der Waals surface area (Å²) in [6.07, 6.45) is 0. The third kappa shape index (κ3) is 1.78. The van der Waals surface area contributed by atoms with Crippen molar-refractivity contribution >= 4 is 5.96 Å². The van der Waals surface area contributed by atoms with Crippen LogP contribution in [0.2, 0.25) is 0 Å². The fourth-order valence-electron chi connectivity index (χ4n) is 0.998. The molecular formula is C8H14N4. The van der Waals surface area contributed by atoms with Crippen LogP contribution >= 0.6 is 0 Å². The van der Waals surface area contributed by atoms with Crippen molar-refractivity contribution in [3.05, 3.63) is 23.5 Å². The second kappa shape index (κ2) is 3.30. The van der Waals surface area contributed by atoms with Crippen LogP contribution in [0.5, 0.6) is 0 Å². The van der Waals surface area contributed by atoms with E-state index in [0.29, 0.717) is 6.54 Å². The fourth-order valence-corrected chi connectivity index (χ4v) is 0.998. The second-order valence-electron chi connectivity index (χ2n) is 2.77. The molecule has 0 bridgehead atoms. The Labute approximate surface area is 71.9 Å². The van der Waals surface area contributed by atoms with Crippen LogP contribution in [0.4, 0.5) is 0 Å². The average Bonchev–Trinajstić information content (AvgIpc) is 2.30. The van der Waals surface area contributed by atoms with Gasteiger partial charge in [0.05, 0.1) is 6.54 Å². The van der Waals surface area contributed by atoms with Gasteiger partial charge in [-0.15, -0.1) is 0 Å². The Kier molecular flexibility index (Phi) is 2.38. The smallest absolute Gasteiger partial charge is 0.186 e. The predicted octanol–water partition coefficient (Wildman–Crippen LogP) is 0.107. The molecule has 0 atom stereocenters. The summed E-state index contributed by atoms with van der Waals surface area (Å²) in [6, 6.07) is 4.05. The van der Waals surface area contributed by atoms with E-state index in [2.05, 4.69) is 9.56 Å². The molecule has 0 saturated carbocycles. The van der Waals surface area contributed by atoms with Gasteiger partial charge in [0, 0.05) is 18.4 Å². The van der Waals surface area contributed by atoms with Crippen LogP contribution in [-0.2, 0) is 13.6 Å². The molecule has 1 heterocycles. The molecule has 0 radical (unpaired) electrons. The number of rotatable bonds is 2. The molecule has 4 nitrogen and oxygen atoms in total. The standard InChI is InChI=1S/C8H14N4/c1-6-3-4-7(12(6)2)5-11-8(9)10/h3-4H,5H2,1-2H3,(H4,9,10,11). The predicted molar refractivity (Wildman–Crippen MR) is 49.7 cm³/mol. The third-order valence-electron chi connectivity index (χ3n) is 1.90. The highest BCUT2D eigenvalue weighted by Crippen LogP contribution is 2.06. The van der Waals surface area contributed by atoms with Gasteiger partial charge in [-0.25, -0.2) is 4.99 Å². The molecule has 0 aromatic carbocycles. The average molecular weight is 166 g/mol. The van der Waals surface area contributed by atoms with Gasteiger partial charge in [-0.05, 0) is 19.1 Å². The summed E-state index contributed by atoms with van der Waals surface area (Å²) in [5.74, 6) is 0.133. The first-order valence-corrected chi connectivity index (χ1v) is 3.78. The van der Waals surface area contributed by atoms with E-state index < -0.39 is 0 Å². The number of guanidine groups is 1. The van der Waals surface area contributed by atoms with Crippen molar-refractivity contribution in [2.75, 3.05) is 0 Å². The molecule has 0 aliphatic carbocycles. The molecule has 4 heteroatoms. The zero-order valence-electron chi connectivity index (χ0n) is 7.41. The van der Waals surface area contributed by atoms with Crippen LogP contribution in [0.3, 0.4) is 0 Å². The Bertz CT molecular complexity index is 294. The van der Waals surface area contributed by atoms with E-state index in [9.17, 15) is 0 Å². The summed E-state index contributed by atoms with van der Waals surface area (Å²) in [5.41, 5.74) is 12.7. The first kappa shape index (κ1) is 8.64. The molecule has 0 aliphatic heterocycles. The van der Waals surface area contributed by atoms with E-state index in [0.717, 1.165) is 5.69 Å². The van der Waals surface area contributed by atoms with Gasteiger partial charge in [0.25, 0.3) is 0 Å². The van der Waals surface area contributed by atoms with E-state index in [1.807, 2.05) is 26.1 Å². The van der Waals surface area contributed by atoms with E-state index in [1.54, 1.807) is 0 Å². The molecule has 0 spiro atoms. The first-order valence-electron chi connectivity index (χ1n) is 3.78. The Balaban J connectivity index is 2.77. The highest BCUT2D eigenvalue weighted by molar-refractivity contribution is 5.75. The normalized spacial score (nSPS) is 9.83. The summed E-state index contributed by atoms with van der Waals surface area (Å²) in [4.78, 5) is 3.92. The molecule has 0 aliphatic rings. The summed E-state index contributed by atoms with van der Waals surface area (Å²) < 4.78 is 2.06. The Hall–Kier alpha value is -1.45. The number of aromatic nitrogens is 1. The minimum atomic E-state index is 0.133. The van der Waals surface area contributed by atoms with Gasteiger partial charge in [-0.2, -0.15) is 0 Å². The molecule has 4 N–H and O–H groups in total. The van der Waals surface area contributed by atoms with Crippen molar-refractivity contribution < 1.29 is 0 Å². The van der Waals surface area contributed by atoms with Crippen molar-refractivity contribution in [2.24, 2.45) is 23.5 Å². The lowest BCUT2D eigenvalue weighted by molar-refractivity contribution is 0.797. The molecule has 1 rings (SSSR count). The minimum Gasteiger partial charge on any atom is -0.370 e. The van der Waals surface area contributed by atoms with Crippen LogP contribution < -0.4 is 11.5 Å². The van der Waals surface area contributed by atoms with Crippen molar-refractivity contribution in [1.82, 2.24) is 4.57 Å². The summed E-state index contributed by atoms with van der Waals surface area (Å²) in [6.45, 7) is 2.59. The Morgan fingerprint density at radius 3 is 2.58 bits per heavy atom. The lowest BCUT2D eigenvalue weighted by atomic mass is 10.4. The summed E-state index contributed by atoms with van der Waals surface area (Å²) in [7, 11) is 1.99. The maximum atomic E-state index is 5.22. The van der Waals surface area contributed by atoms with Crippen molar-refractivity contribution in [2.45, 2.75) is 13.5 Å². The summed E-state index contributed by atoms with van der Waals surface area (Å²) >= 11 is 0. The zero-order chi connectivity index (χ0) is 9.14. The molecule has 12 heavy (non-hydrogen) atoms. The van der Waals surface area contributed by atoms with Crippen molar-refractivity contribution in [3.63, 3.8) is 0 Å². The Morgan fingerprint density at radius 2 is 2.17 bits per heavy atom. The van der Waals surface area contributed by atoms with E-state index in [1.165, 1.54) is 5.69 Å². The van der Waals surface area contributed by atoms with Crippen LogP contribution in [0.15, 0.2) is 17.1 Å². The quantitative estimate of drug-likeness (QED) is 0.483. The first-order chi connectivity index (χ1) is 5.61. The maximum Gasteiger partial charge on any atom is 0.186 e. The number of hydrogen-bond donors (Lipinski definition) is 2. The topological polar surface area (TPSA) is 69.3 Å². The zero-order valence-corrected chi connectivity index (χ0v) is 7.41. The second-order valence-corrected chi connectivity index (χ2v) is 2.77. The highest BCUT2D eigenvalue weighted by atomic mass is 15.0. The monoisotopic (exact) mass is 166 g/mol. The lowest BCUT2D eigenvalue weighted by Crippen LogP contribution is -2.22. The van der Waals surface area contributed by atoms with Gasteiger partial charge < -0.3 is 16.0 Å². The number of nitrogens with zero attached hydrogens (tertiary/aromatic N) is 2. The molecule has 1 aromatic rings. The van der Waals surface area contributed by atoms with E-state index >= 15 is 0 Å². The molecule has 0 amide bonds.